The predicted molar refractivity (Wildman–Crippen MR) is 29.1 cm³/mol. The van der Waals surface area contributed by atoms with Crippen LogP contribution in [0, 0.1) is 0 Å². The fourth-order valence-electron chi connectivity index (χ4n) is 0.258. The van der Waals surface area contributed by atoms with Crippen molar-refractivity contribution in [3.05, 3.63) is 11.9 Å². The maximum absolute atomic E-state index is 11.8. The Bertz CT molecular complexity index is 144. The highest BCUT2D eigenvalue weighted by Crippen LogP contribution is 1.95. The third kappa shape index (κ3) is 5.02. The Hall–Kier alpha value is -1.13. The van der Waals surface area contributed by atoms with Gasteiger partial charge in [0.1, 0.15) is 19.1 Å². The van der Waals surface area contributed by atoms with Crippen LogP contribution in [-0.2, 0) is 4.74 Å². The van der Waals surface area contributed by atoms with Gasteiger partial charge in [-0.2, -0.15) is 0 Å². The van der Waals surface area contributed by atoms with E-state index in [0.717, 1.165) is 0 Å². The van der Waals surface area contributed by atoms with Crippen LogP contribution in [0.2, 0.25) is 0 Å². The molecule has 0 rings (SSSR count). The van der Waals surface area contributed by atoms with E-state index in [9.17, 15) is 13.6 Å². The normalized spacial score (nSPS) is 11.2. The van der Waals surface area contributed by atoms with E-state index in [0.29, 0.717) is 6.08 Å². The first kappa shape index (κ1) is 8.87. The quantitative estimate of drug-likeness (QED) is 0.623. The van der Waals surface area contributed by atoms with E-state index in [-0.39, 0.29) is 0 Å². The number of hydrogen-bond acceptors (Lipinski definition) is 2. The number of halogens is 2. The molecule has 0 aliphatic carbocycles. The Labute approximate surface area is 55.9 Å². The zero-order valence-electron chi connectivity index (χ0n) is 5.01. The second kappa shape index (κ2) is 4.72. The molecular formula is C5H6F2O3. The molecule has 58 valence electrons. The van der Waals surface area contributed by atoms with Crippen molar-refractivity contribution in [2.75, 3.05) is 13.3 Å². The average Bonchev–Trinajstić information content (AvgIpc) is 1.87. The van der Waals surface area contributed by atoms with Gasteiger partial charge in [-0.1, -0.05) is 0 Å². The lowest BCUT2D eigenvalue weighted by Gasteiger charge is -1.92. The van der Waals surface area contributed by atoms with E-state index in [2.05, 4.69) is 4.74 Å². The minimum absolute atomic E-state index is 0.453. The third-order valence-corrected chi connectivity index (χ3v) is 0.639. The van der Waals surface area contributed by atoms with Crippen molar-refractivity contribution in [1.82, 2.24) is 0 Å². The minimum atomic E-state index is -1.51. The van der Waals surface area contributed by atoms with Crippen molar-refractivity contribution in [2.24, 2.45) is 0 Å². The molecule has 0 fully saturated rings. The van der Waals surface area contributed by atoms with Crippen molar-refractivity contribution in [3.63, 3.8) is 0 Å². The zero-order valence-corrected chi connectivity index (χ0v) is 5.01. The first-order valence-corrected chi connectivity index (χ1v) is 2.43. The molecule has 0 unspecified atom stereocenters. The molecule has 1 N–H and O–H groups in total. The molecule has 0 bridgehead atoms. The summed E-state index contributed by atoms with van der Waals surface area (Å²) in [6.07, 6.45) is -0.795. The maximum Gasteiger partial charge on any atom is 0.506 e. The van der Waals surface area contributed by atoms with Crippen LogP contribution >= 0.6 is 0 Å². The second-order valence-corrected chi connectivity index (χ2v) is 1.36. The van der Waals surface area contributed by atoms with Crippen molar-refractivity contribution in [1.29, 1.82) is 0 Å². The van der Waals surface area contributed by atoms with Gasteiger partial charge in [0, 0.05) is 0 Å². The fourth-order valence-corrected chi connectivity index (χ4v) is 0.258. The van der Waals surface area contributed by atoms with E-state index in [1.54, 1.807) is 0 Å². The standard InChI is InChI=1S/C5H6F2O3/c6-3-4(7)1-2-10-5(8)9/h1H,2-3H2,(H,8,9). The number of carbonyl (C=O) groups is 1. The van der Waals surface area contributed by atoms with Crippen molar-refractivity contribution >= 4 is 6.16 Å². The van der Waals surface area contributed by atoms with Crippen LogP contribution < -0.4 is 0 Å². The van der Waals surface area contributed by atoms with Gasteiger partial charge in [-0.25, -0.2) is 13.6 Å². The summed E-state index contributed by atoms with van der Waals surface area (Å²) in [6, 6.07) is 0. The Morgan fingerprint density at radius 1 is 1.70 bits per heavy atom. The monoisotopic (exact) mass is 152 g/mol. The van der Waals surface area contributed by atoms with Gasteiger partial charge in [0.15, 0.2) is 0 Å². The van der Waals surface area contributed by atoms with Crippen LogP contribution in [0.1, 0.15) is 0 Å². The molecule has 0 saturated heterocycles. The largest absolute Gasteiger partial charge is 0.506 e. The van der Waals surface area contributed by atoms with E-state index in [1.165, 1.54) is 0 Å². The molecule has 0 saturated carbocycles. The van der Waals surface area contributed by atoms with Gasteiger partial charge in [0.05, 0.1) is 0 Å². The van der Waals surface area contributed by atoms with E-state index >= 15 is 0 Å². The lowest BCUT2D eigenvalue weighted by Crippen LogP contribution is -1.99. The van der Waals surface area contributed by atoms with Gasteiger partial charge in [-0.3, -0.25) is 0 Å². The first-order valence-electron chi connectivity index (χ1n) is 2.43. The van der Waals surface area contributed by atoms with Crippen molar-refractivity contribution in [2.45, 2.75) is 0 Å². The highest BCUT2D eigenvalue weighted by Gasteiger charge is 1.94. The Kier molecular flexibility index (Phi) is 4.19. The number of rotatable bonds is 3. The Morgan fingerprint density at radius 2 is 2.30 bits per heavy atom. The molecule has 3 nitrogen and oxygen atoms in total. The van der Waals surface area contributed by atoms with Gasteiger partial charge >= 0.3 is 6.16 Å². The van der Waals surface area contributed by atoms with Crippen LogP contribution in [0.25, 0.3) is 0 Å². The smallest absolute Gasteiger partial charge is 0.450 e. The lowest BCUT2D eigenvalue weighted by atomic mass is 10.5. The average molecular weight is 152 g/mol. The summed E-state index contributed by atoms with van der Waals surface area (Å²) < 4.78 is 26.9. The molecule has 0 radical (unpaired) electrons. The molecule has 0 aliphatic rings. The van der Waals surface area contributed by atoms with E-state index in [4.69, 9.17) is 5.11 Å². The summed E-state index contributed by atoms with van der Waals surface area (Å²) in [4.78, 5) is 9.60. The molecule has 0 amide bonds. The lowest BCUT2D eigenvalue weighted by molar-refractivity contribution is 0.101. The summed E-state index contributed by atoms with van der Waals surface area (Å²) >= 11 is 0. The number of carboxylic acid groups (broad SMARTS) is 1. The molecule has 0 aromatic carbocycles. The predicted octanol–water partition coefficient (Wildman–Crippen LogP) is 1.50. The molecule has 0 aliphatic heterocycles. The SMILES string of the molecule is O=C(O)OCC=C(F)CF. The highest BCUT2D eigenvalue weighted by molar-refractivity contribution is 5.56. The topological polar surface area (TPSA) is 46.5 Å². The van der Waals surface area contributed by atoms with Gasteiger partial charge in [0.2, 0.25) is 0 Å². The molecule has 5 heteroatoms. The van der Waals surface area contributed by atoms with Gasteiger partial charge in [-0.05, 0) is 6.08 Å². The number of alkyl halides is 1. The fraction of sp³-hybridized carbons (Fsp3) is 0.400. The van der Waals surface area contributed by atoms with E-state index in [1.807, 2.05) is 0 Å². The molecule has 10 heavy (non-hydrogen) atoms. The third-order valence-electron chi connectivity index (χ3n) is 0.639. The van der Waals surface area contributed by atoms with Crippen molar-refractivity contribution < 1.29 is 23.4 Å². The summed E-state index contributed by atoms with van der Waals surface area (Å²) in [5.74, 6) is -1.03. The Morgan fingerprint density at radius 3 is 2.70 bits per heavy atom. The first-order chi connectivity index (χ1) is 4.66. The summed E-state index contributed by atoms with van der Waals surface area (Å²) in [6.45, 7) is -1.69. The van der Waals surface area contributed by atoms with Crippen molar-refractivity contribution in [3.8, 4) is 0 Å². The molecule has 0 aromatic heterocycles. The number of ether oxygens (including phenoxy) is 1. The Balaban J connectivity index is 3.43. The van der Waals surface area contributed by atoms with Gasteiger partial charge < -0.3 is 9.84 Å². The van der Waals surface area contributed by atoms with E-state index < -0.39 is 25.3 Å². The second-order valence-electron chi connectivity index (χ2n) is 1.36. The van der Waals surface area contributed by atoms with Crippen LogP contribution in [0.4, 0.5) is 13.6 Å². The van der Waals surface area contributed by atoms with Gasteiger partial charge in [-0.15, -0.1) is 0 Å². The molecule has 0 aromatic rings. The molecular weight excluding hydrogens is 146 g/mol. The summed E-state index contributed by atoms with van der Waals surface area (Å²) in [7, 11) is 0. The maximum atomic E-state index is 11.8. The van der Waals surface area contributed by atoms with Gasteiger partial charge in [0.25, 0.3) is 0 Å². The number of hydrogen-bond donors (Lipinski definition) is 1. The molecule has 0 heterocycles. The van der Waals surface area contributed by atoms with Crippen LogP contribution in [-0.4, -0.2) is 24.5 Å². The number of allylic oxidation sites excluding steroid dienone is 1. The minimum Gasteiger partial charge on any atom is -0.450 e. The summed E-state index contributed by atoms with van der Waals surface area (Å²) in [5.41, 5.74) is 0. The van der Waals surface area contributed by atoms with Crippen LogP contribution in [0.3, 0.4) is 0 Å². The molecule has 0 atom stereocenters. The zero-order chi connectivity index (χ0) is 7.98. The molecule has 0 spiro atoms. The summed E-state index contributed by atoms with van der Waals surface area (Å²) in [5, 5.41) is 7.83. The van der Waals surface area contributed by atoms with Crippen LogP contribution in [0.5, 0.6) is 0 Å². The highest BCUT2D eigenvalue weighted by atomic mass is 19.2. The van der Waals surface area contributed by atoms with Crippen LogP contribution in [0.15, 0.2) is 11.9 Å².